The zero-order valence-corrected chi connectivity index (χ0v) is 32.4. The van der Waals surface area contributed by atoms with Crippen molar-refractivity contribution < 1.29 is 24.1 Å². The predicted octanol–water partition coefficient (Wildman–Crippen LogP) is 13.2. The third kappa shape index (κ3) is 25.6. The lowest BCUT2D eigenvalue weighted by molar-refractivity contribution is -0.242. The summed E-state index contributed by atoms with van der Waals surface area (Å²) in [5, 5.41) is 10.5. The minimum Gasteiger partial charge on any atom is -0.378 e. The van der Waals surface area contributed by atoms with E-state index in [2.05, 4.69) is 13.8 Å². The standard InChI is InChI=1S/C44H80O5/c1-3-5-7-9-11-13-15-17-19-21-23-25-27-32-36-47-43-38-41(37-42(49-43)39-48-44(45)40-33-29-28-30-34-40)46-35-31-26-24-22-20-18-16-14-12-10-8-6-4-2/h28-30,33-34,41-45H,3-27,31-32,35-39H2,1-2H3. The second-order valence-corrected chi connectivity index (χ2v) is 15.0. The number of aliphatic hydroxyl groups is 1. The molecule has 2 rings (SSSR count). The van der Waals surface area contributed by atoms with Gasteiger partial charge >= 0.3 is 0 Å². The smallest absolute Gasteiger partial charge is 0.181 e. The summed E-state index contributed by atoms with van der Waals surface area (Å²) >= 11 is 0. The van der Waals surface area contributed by atoms with Crippen molar-refractivity contribution in [3.8, 4) is 0 Å². The van der Waals surface area contributed by atoms with Gasteiger partial charge < -0.3 is 24.1 Å². The van der Waals surface area contributed by atoms with Crippen molar-refractivity contribution in [3.05, 3.63) is 35.9 Å². The Labute approximate surface area is 304 Å². The molecule has 0 amide bonds. The summed E-state index contributed by atoms with van der Waals surface area (Å²) in [6.07, 6.45) is 36.9. The predicted molar refractivity (Wildman–Crippen MR) is 207 cm³/mol. The van der Waals surface area contributed by atoms with Crippen LogP contribution in [0.1, 0.15) is 212 Å². The van der Waals surface area contributed by atoms with Gasteiger partial charge in [-0.3, -0.25) is 0 Å². The number of rotatable bonds is 35. The number of aliphatic hydroxyl groups excluding tert-OH is 1. The molecule has 1 saturated heterocycles. The molecule has 49 heavy (non-hydrogen) atoms. The van der Waals surface area contributed by atoms with E-state index in [0.29, 0.717) is 6.61 Å². The van der Waals surface area contributed by atoms with Gasteiger partial charge in [-0.2, -0.15) is 0 Å². The van der Waals surface area contributed by atoms with Crippen molar-refractivity contribution >= 4 is 0 Å². The first-order valence-corrected chi connectivity index (χ1v) is 21.5. The number of unbranched alkanes of at least 4 members (excludes halogenated alkanes) is 25. The number of ether oxygens (including phenoxy) is 4. The van der Waals surface area contributed by atoms with Crippen molar-refractivity contribution in [1.82, 2.24) is 0 Å². The lowest BCUT2D eigenvalue weighted by Gasteiger charge is -2.35. The van der Waals surface area contributed by atoms with Gasteiger partial charge in [0.1, 0.15) is 0 Å². The molecule has 5 nitrogen and oxygen atoms in total. The van der Waals surface area contributed by atoms with Gasteiger partial charge in [-0.05, 0) is 12.8 Å². The quantitative estimate of drug-likeness (QED) is 0.0568. The molecule has 1 N–H and O–H groups in total. The molecule has 0 radical (unpaired) electrons. The van der Waals surface area contributed by atoms with E-state index < -0.39 is 6.29 Å². The van der Waals surface area contributed by atoms with E-state index in [1.165, 1.54) is 161 Å². The van der Waals surface area contributed by atoms with Crippen LogP contribution in [0.3, 0.4) is 0 Å². The molecular weight excluding hydrogens is 608 g/mol. The van der Waals surface area contributed by atoms with Gasteiger partial charge in [-0.15, -0.1) is 0 Å². The van der Waals surface area contributed by atoms with Crippen LogP contribution in [0.15, 0.2) is 30.3 Å². The van der Waals surface area contributed by atoms with Gasteiger partial charge in [0.2, 0.25) is 0 Å². The van der Waals surface area contributed by atoms with Gasteiger partial charge in [-0.1, -0.05) is 205 Å². The SMILES string of the molecule is CCCCCCCCCCCCCCCCOC1CC(OCCCCCCCCCCCCCCC)CC(COC(O)c2ccccc2)O1. The molecule has 1 fully saturated rings. The van der Waals surface area contributed by atoms with Crippen LogP contribution in [0.2, 0.25) is 0 Å². The van der Waals surface area contributed by atoms with Crippen LogP contribution in [-0.4, -0.2) is 43.4 Å². The van der Waals surface area contributed by atoms with E-state index in [1.807, 2.05) is 30.3 Å². The molecule has 1 heterocycles. The van der Waals surface area contributed by atoms with Crippen molar-refractivity contribution in [1.29, 1.82) is 0 Å². The Kier molecular flexibility index (Phi) is 29.7. The molecule has 4 atom stereocenters. The van der Waals surface area contributed by atoms with Crippen LogP contribution in [0.5, 0.6) is 0 Å². The van der Waals surface area contributed by atoms with E-state index in [1.54, 1.807) is 0 Å². The third-order valence-corrected chi connectivity index (χ3v) is 10.3. The molecule has 1 aliphatic heterocycles. The average molecular weight is 689 g/mol. The Hall–Kier alpha value is -0.980. The van der Waals surface area contributed by atoms with E-state index >= 15 is 0 Å². The lowest BCUT2D eigenvalue weighted by Crippen LogP contribution is -2.41. The van der Waals surface area contributed by atoms with Crippen LogP contribution < -0.4 is 0 Å². The van der Waals surface area contributed by atoms with Crippen molar-refractivity contribution in [2.45, 2.75) is 225 Å². The Balaban J connectivity index is 1.56. The van der Waals surface area contributed by atoms with Gasteiger partial charge in [0, 0.05) is 31.6 Å². The van der Waals surface area contributed by atoms with E-state index in [9.17, 15) is 5.11 Å². The second kappa shape index (κ2) is 32.9. The first kappa shape index (κ1) is 44.2. The summed E-state index contributed by atoms with van der Waals surface area (Å²) in [7, 11) is 0. The van der Waals surface area contributed by atoms with Crippen LogP contribution in [-0.2, 0) is 18.9 Å². The maximum atomic E-state index is 10.5. The second-order valence-electron chi connectivity index (χ2n) is 15.0. The molecule has 0 aromatic heterocycles. The van der Waals surface area contributed by atoms with E-state index in [-0.39, 0.29) is 18.5 Å². The minimum absolute atomic E-state index is 0.106. The highest BCUT2D eigenvalue weighted by Gasteiger charge is 2.31. The molecule has 286 valence electrons. The largest absolute Gasteiger partial charge is 0.378 e. The maximum Gasteiger partial charge on any atom is 0.181 e. The fourth-order valence-corrected chi connectivity index (χ4v) is 7.07. The van der Waals surface area contributed by atoms with Crippen LogP contribution in [0.4, 0.5) is 0 Å². The summed E-state index contributed by atoms with van der Waals surface area (Å²) in [6, 6.07) is 9.55. The third-order valence-electron chi connectivity index (χ3n) is 10.3. The molecule has 1 aromatic carbocycles. The van der Waals surface area contributed by atoms with Crippen LogP contribution in [0.25, 0.3) is 0 Å². The summed E-state index contributed by atoms with van der Waals surface area (Å²) < 4.78 is 24.8. The highest BCUT2D eigenvalue weighted by molar-refractivity contribution is 5.15. The fraction of sp³-hybridized carbons (Fsp3) is 0.864. The molecule has 0 aliphatic carbocycles. The van der Waals surface area contributed by atoms with Gasteiger partial charge in [0.15, 0.2) is 12.6 Å². The van der Waals surface area contributed by atoms with Crippen molar-refractivity contribution in [2.24, 2.45) is 0 Å². The molecule has 0 saturated carbocycles. The zero-order valence-electron chi connectivity index (χ0n) is 32.4. The fourth-order valence-electron chi connectivity index (χ4n) is 7.07. The topological polar surface area (TPSA) is 57.2 Å². The van der Waals surface area contributed by atoms with E-state index in [4.69, 9.17) is 18.9 Å². The highest BCUT2D eigenvalue weighted by atomic mass is 16.7. The molecule has 4 unspecified atom stereocenters. The van der Waals surface area contributed by atoms with Gasteiger partial charge in [0.05, 0.1) is 18.8 Å². The summed E-state index contributed by atoms with van der Waals surface area (Å²) in [5.74, 6) is 0. The van der Waals surface area contributed by atoms with Gasteiger partial charge in [-0.25, -0.2) is 0 Å². The first-order chi connectivity index (χ1) is 24.2. The number of benzene rings is 1. The number of hydrogen-bond acceptors (Lipinski definition) is 5. The Bertz CT molecular complexity index is 804. The highest BCUT2D eigenvalue weighted by Crippen LogP contribution is 2.26. The number of hydrogen-bond donors (Lipinski definition) is 1. The van der Waals surface area contributed by atoms with E-state index in [0.717, 1.165) is 44.5 Å². The zero-order chi connectivity index (χ0) is 34.9. The molecular formula is C44H80O5. The minimum atomic E-state index is -0.952. The maximum absolute atomic E-state index is 10.5. The molecule has 1 aliphatic rings. The Morgan fingerprint density at radius 1 is 0.551 bits per heavy atom. The molecule has 0 spiro atoms. The Morgan fingerprint density at radius 2 is 0.959 bits per heavy atom. The van der Waals surface area contributed by atoms with Crippen LogP contribution >= 0.6 is 0 Å². The Morgan fingerprint density at radius 3 is 1.41 bits per heavy atom. The molecule has 1 aromatic rings. The van der Waals surface area contributed by atoms with Crippen molar-refractivity contribution in [3.63, 3.8) is 0 Å². The summed E-state index contributed by atoms with van der Waals surface area (Å²) in [4.78, 5) is 0. The molecule has 5 heteroatoms. The van der Waals surface area contributed by atoms with Crippen LogP contribution in [0, 0.1) is 0 Å². The molecule has 0 bridgehead atoms. The average Bonchev–Trinajstić information content (AvgIpc) is 3.12. The van der Waals surface area contributed by atoms with Gasteiger partial charge in [0.25, 0.3) is 0 Å². The first-order valence-electron chi connectivity index (χ1n) is 21.5. The summed E-state index contributed by atoms with van der Waals surface area (Å²) in [5.41, 5.74) is 0.763. The summed E-state index contributed by atoms with van der Waals surface area (Å²) in [6.45, 7) is 6.44. The normalized spacial score (nSPS) is 18.6. The monoisotopic (exact) mass is 689 g/mol. The van der Waals surface area contributed by atoms with Crippen molar-refractivity contribution in [2.75, 3.05) is 19.8 Å². The lowest BCUT2D eigenvalue weighted by atomic mass is 10.0.